The predicted molar refractivity (Wildman–Crippen MR) is 60.2 cm³/mol. The number of halogens is 3. The SMILES string of the molecule is Nc1cc(Cl)ccc1C(=O)NCC(O)C(F)F. The van der Waals surface area contributed by atoms with E-state index in [1.54, 1.807) is 0 Å². The molecule has 7 heteroatoms. The molecule has 1 aromatic rings. The van der Waals surface area contributed by atoms with E-state index in [2.05, 4.69) is 5.32 Å². The van der Waals surface area contributed by atoms with Crippen LogP contribution in [0.5, 0.6) is 0 Å². The van der Waals surface area contributed by atoms with E-state index in [0.29, 0.717) is 5.02 Å². The summed E-state index contributed by atoms with van der Waals surface area (Å²) in [4.78, 5) is 11.5. The number of nitrogens with one attached hydrogen (secondary N) is 1. The van der Waals surface area contributed by atoms with Gasteiger partial charge in [-0.05, 0) is 18.2 Å². The molecule has 1 unspecified atom stereocenters. The Balaban J connectivity index is 2.64. The van der Waals surface area contributed by atoms with Gasteiger partial charge in [-0.1, -0.05) is 11.6 Å². The van der Waals surface area contributed by atoms with Crippen molar-refractivity contribution in [3.05, 3.63) is 28.8 Å². The van der Waals surface area contributed by atoms with Crippen LogP contribution in [-0.4, -0.2) is 30.1 Å². The lowest BCUT2D eigenvalue weighted by molar-refractivity contribution is -0.00269. The molecule has 17 heavy (non-hydrogen) atoms. The molecule has 0 heterocycles. The lowest BCUT2D eigenvalue weighted by Gasteiger charge is -2.11. The normalized spacial score (nSPS) is 12.5. The number of carbonyl (C=O) groups excluding carboxylic acids is 1. The Morgan fingerprint density at radius 2 is 2.18 bits per heavy atom. The fourth-order valence-electron chi connectivity index (χ4n) is 1.12. The number of hydrogen-bond donors (Lipinski definition) is 3. The highest BCUT2D eigenvalue weighted by Crippen LogP contribution is 2.17. The van der Waals surface area contributed by atoms with Gasteiger partial charge in [0.2, 0.25) is 0 Å². The molecule has 1 amide bonds. The van der Waals surface area contributed by atoms with Crippen LogP contribution >= 0.6 is 11.6 Å². The number of benzene rings is 1. The number of alkyl halides is 2. The molecule has 0 radical (unpaired) electrons. The first kappa shape index (κ1) is 13.7. The predicted octanol–water partition coefficient (Wildman–Crippen LogP) is 1.28. The lowest BCUT2D eigenvalue weighted by Crippen LogP contribution is -2.36. The second kappa shape index (κ2) is 5.79. The van der Waals surface area contributed by atoms with Crippen LogP contribution in [0.4, 0.5) is 14.5 Å². The number of aliphatic hydroxyl groups is 1. The van der Waals surface area contributed by atoms with E-state index >= 15 is 0 Å². The van der Waals surface area contributed by atoms with Gasteiger partial charge in [-0.15, -0.1) is 0 Å². The first-order chi connectivity index (χ1) is 7.91. The summed E-state index contributed by atoms with van der Waals surface area (Å²) in [6.07, 6.45) is -4.80. The van der Waals surface area contributed by atoms with E-state index in [0.717, 1.165) is 0 Å². The first-order valence-corrected chi connectivity index (χ1v) is 5.09. The molecule has 0 aromatic heterocycles. The summed E-state index contributed by atoms with van der Waals surface area (Å²) in [6.45, 7) is -0.543. The molecule has 0 bridgehead atoms. The summed E-state index contributed by atoms with van der Waals surface area (Å²) in [5.41, 5.74) is 5.79. The van der Waals surface area contributed by atoms with Crippen LogP contribution in [-0.2, 0) is 0 Å². The third-order valence-corrected chi connectivity index (χ3v) is 2.26. The van der Waals surface area contributed by atoms with Gasteiger partial charge in [-0.3, -0.25) is 4.79 Å². The zero-order chi connectivity index (χ0) is 13.0. The maximum Gasteiger partial charge on any atom is 0.265 e. The lowest BCUT2D eigenvalue weighted by atomic mass is 10.1. The Morgan fingerprint density at radius 1 is 1.53 bits per heavy atom. The molecular weight excluding hydrogens is 254 g/mol. The van der Waals surface area contributed by atoms with Crippen molar-refractivity contribution in [3.63, 3.8) is 0 Å². The van der Waals surface area contributed by atoms with Gasteiger partial charge >= 0.3 is 0 Å². The van der Waals surface area contributed by atoms with Crippen molar-refractivity contribution in [1.29, 1.82) is 0 Å². The van der Waals surface area contributed by atoms with Crippen molar-refractivity contribution in [3.8, 4) is 0 Å². The van der Waals surface area contributed by atoms with Gasteiger partial charge in [0.25, 0.3) is 12.3 Å². The molecule has 1 atom stereocenters. The molecule has 0 spiro atoms. The molecule has 0 aliphatic rings. The maximum atomic E-state index is 12.0. The molecule has 0 saturated carbocycles. The van der Waals surface area contributed by atoms with Crippen LogP contribution < -0.4 is 11.1 Å². The number of aliphatic hydroxyl groups excluding tert-OH is 1. The Bertz CT molecular complexity index is 415. The summed E-state index contributed by atoms with van der Waals surface area (Å²) in [5, 5.41) is 11.3. The molecule has 94 valence electrons. The zero-order valence-corrected chi connectivity index (χ0v) is 9.42. The molecule has 0 aliphatic heterocycles. The third kappa shape index (κ3) is 3.83. The van der Waals surface area contributed by atoms with Crippen molar-refractivity contribution in [1.82, 2.24) is 5.32 Å². The van der Waals surface area contributed by atoms with Crippen LogP contribution in [0.2, 0.25) is 5.02 Å². The van der Waals surface area contributed by atoms with Gasteiger partial charge in [-0.25, -0.2) is 8.78 Å². The van der Waals surface area contributed by atoms with E-state index < -0.39 is 25.0 Å². The topological polar surface area (TPSA) is 75.4 Å². The van der Waals surface area contributed by atoms with Crippen LogP contribution in [0.25, 0.3) is 0 Å². The van der Waals surface area contributed by atoms with Crippen molar-refractivity contribution in [2.75, 3.05) is 12.3 Å². The molecule has 4 N–H and O–H groups in total. The monoisotopic (exact) mass is 264 g/mol. The second-order valence-electron chi connectivity index (χ2n) is 3.34. The van der Waals surface area contributed by atoms with Crippen LogP contribution in [0.3, 0.4) is 0 Å². The van der Waals surface area contributed by atoms with Crippen molar-refractivity contribution in [2.45, 2.75) is 12.5 Å². The molecule has 1 aromatic carbocycles. The first-order valence-electron chi connectivity index (χ1n) is 4.71. The number of carbonyl (C=O) groups is 1. The van der Waals surface area contributed by atoms with E-state index in [1.165, 1.54) is 18.2 Å². The van der Waals surface area contributed by atoms with Gasteiger partial charge in [0.15, 0.2) is 0 Å². The highest BCUT2D eigenvalue weighted by atomic mass is 35.5. The van der Waals surface area contributed by atoms with Crippen LogP contribution in [0.1, 0.15) is 10.4 Å². The van der Waals surface area contributed by atoms with Gasteiger partial charge < -0.3 is 16.2 Å². The van der Waals surface area contributed by atoms with E-state index in [-0.39, 0.29) is 11.3 Å². The number of nitrogen functional groups attached to an aromatic ring is 1. The quantitative estimate of drug-likeness (QED) is 0.717. The van der Waals surface area contributed by atoms with Gasteiger partial charge in [-0.2, -0.15) is 0 Å². The number of amides is 1. The van der Waals surface area contributed by atoms with E-state index in [4.69, 9.17) is 22.4 Å². The smallest absolute Gasteiger partial charge is 0.265 e. The number of nitrogens with two attached hydrogens (primary N) is 1. The van der Waals surface area contributed by atoms with Crippen molar-refractivity contribution >= 4 is 23.2 Å². The van der Waals surface area contributed by atoms with Gasteiger partial charge in [0, 0.05) is 17.3 Å². The Labute approximate surface area is 101 Å². The third-order valence-electron chi connectivity index (χ3n) is 2.02. The van der Waals surface area contributed by atoms with Gasteiger partial charge in [0.05, 0.1) is 5.56 Å². The molecule has 0 saturated heterocycles. The number of hydrogen-bond acceptors (Lipinski definition) is 3. The highest BCUT2D eigenvalue weighted by molar-refractivity contribution is 6.31. The summed E-state index contributed by atoms with van der Waals surface area (Å²) >= 11 is 5.64. The summed E-state index contributed by atoms with van der Waals surface area (Å²) in [5.74, 6) is -0.640. The van der Waals surface area contributed by atoms with Crippen molar-refractivity contribution in [2.24, 2.45) is 0 Å². The highest BCUT2D eigenvalue weighted by Gasteiger charge is 2.18. The van der Waals surface area contributed by atoms with Crippen LogP contribution in [0, 0.1) is 0 Å². The minimum absolute atomic E-state index is 0.121. The summed E-state index contributed by atoms with van der Waals surface area (Å²) in [7, 11) is 0. The van der Waals surface area contributed by atoms with E-state index in [1.807, 2.05) is 0 Å². The Kier molecular flexibility index (Phi) is 4.65. The van der Waals surface area contributed by atoms with Crippen molar-refractivity contribution < 1.29 is 18.7 Å². The number of rotatable bonds is 4. The summed E-state index contributed by atoms with van der Waals surface area (Å²) < 4.78 is 23.9. The molecule has 4 nitrogen and oxygen atoms in total. The average Bonchev–Trinajstić information content (AvgIpc) is 2.25. The molecular formula is C10H11ClF2N2O2. The molecule has 0 fully saturated rings. The minimum Gasteiger partial charge on any atom is -0.398 e. The van der Waals surface area contributed by atoms with Crippen LogP contribution in [0.15, 0.2) is 18.2 Å². The second-order valence-corrected chi connectivity index (χ2v) is 3.78. The Morgan fingerprint density at radius 3 is 2.71 bits per heavy atom. The largest absolute Gasteiger partial charge is 0.398 e. The van der Waals surface area contributed by atoms with E-state index in [9.17, 15) is 13.6 Å². The molecule has 1 rings (SSSR count). The van der Waals surface area contributed by atoms with Gasteiger partial charge in [0.1, 0.15) is 6.10 Å². The standard InChI is InChI=1S/C10H11ClF2N2O2/c11-5-1-2-6(7(14)3-5)10(17)15-4-8(16)9(12)13/h1-3,8-9,16H,4,14H2,(H,15,17). The minimum atomic E-state index is -2.90. The number of anilines is 1. The zero-order valence-electron chi connectivity index (χ0n) is 8.66. The molecule has 0 aliphatic carbocycles. The Hall–Kier alpha value is -1.40. The fraction of sp³-hybridized carbons (Fsp3) is 0.300. The average molecular weight is 265 g/mol. The fourth-order valence-corrected chi connectivity index (χ4v) is 1.30. The summed E-state index contributed by atoms with van der Waals surface area (Å²) in [6, 6.07) is 4.21. The maximum absolute atomic E-state index is 12.0.